The normalized spacial score (nSPS) is 17.0. The van der Waals surface area contributed by atoms with Gasteiger partial charge in [0.2, 0.25) is 0 Å². The summed E-state index contributed by atoms with van der Waals surface area (Å²) in [6, 6.07) is 5.73. The monoisotopic (exact) mass is 376 g/mol. The van der Waals surface area contributed by atoms with Crippen molar-refractivity contribution in [2.75, 3.05) is 25.0 Å². The SMILES string of the molecule is CN(C(=O)c1ccc(Br)o1)C1CN(c2cc3c(nn2)CCC3)C1. The molecule has 1 aliphatic heterocycles. The molecule has 0 atom stereocenters. The fraction of sp³-hybridized carbons (Fsp3) is 0.438. The van der Waals surface area contributed by atoms with Crippen molar-refractivity contribution < 1.29 is 9.21 Å². The number of nitrogens with zero attached hydrogens (tertiary/aromatic N) is 4. The van der Waals surface area contributed by atoms with Crippen LogP contribution in [0.5, 0.6) is 0 Å². The maximum atomic E-state index is 12.4. The summed E-state index contributed by atoms with van der Waals surface area (Å²) in [5, 5.41) is 8.65. The number of likely N-dealkylation sites (N-methyl/N-ethyl adjacent to an activating group) is 1. The number of anilines is 1. The topological polar surface area (TPSA) is 62.5 Å². The van der Waals surface area contributed by atoms with E-state index in [0.717, 1.165) is 37.4 Å². The third-order valence-electron chi connectivity index (χ3n) is 4.65. The molecule has 2 aromatic rings. The zero-order valence-electron chi connectivity index (χ0n) is 12.8. The van der Waals surface area contributed by atoms with E-state index in [1.807, 2.05) is 7.05 Å². The molecular weight excluding hydrogens is 360 g/mol. The number of furan rings is 1. The Morgan fingerprint density at radius 3 is 2.91 bits per heavy atom. The van der Waals surface area contributed by atoms with Gasteiger partial charge in [-0.1, -0.05) is 0 Å². The number of fused-ring (bicyclic) bond motifs is 1. The van der Waals surface area contributed by atoms with Crippen molar-refractivity contribution in [1.82, 2.24) is 15.1 Å². The molecule has 4 rings (SSSR count). The lowest BCUT2D eigenvalue weighted by molar-refractivity contribution is 0.0671. The van der Waals surface area contributed by atoms with E-state index < -0.39 is 0 Å². The van der Waals surface area contributed by atoms with Gasteiger partial charge in [0.1, 0.15) is 0 Å². The first kappa shape index (κ1) is 14.7. The standard InChI is InChI=1S/C16H17BrN4O2/c1-20(16(22)13-5-6-14(17)23-13)11-8-21(9-11)15-7-10-3-2-4-12(10)18-19-15/h5-7,11H,2-4,8-9H2,1H3. The number of rotatable bonds is 3. The third-order valence-corrected chi connectivity index (χ3v) is 5.07. The van der Waals surface area contributed by atoms with Crippen LogP contribution in [0.4, 0.5) is 5.82 Å². The molecule has 0 radical (unpaired) electrons. The predicted molar refractivity (Wildman–Crippen MR) is 88.6 cm³/mol. The summed E-state index contributed by atoms with van der Waals surface area (Å²) in [5.74, 6) is 1.18. The third kappa shape index (κ3) is 2.63. The van der Waals surface area contributed by atoms with E-state index in [1.165, 1.54) is 12.0 Å². The van der Waals surface area contributed by atoms with Crippen LogP contribution in [0.25, 0.3) is 0 Å². The van der Waals surface area contributed by atoms with Gasteiger partial charge < -0.3 is 14.2 Å². The number of aryl methyl sites for hydroxylation is 2. The lowest BCUT2D eigenvalue weighted by atomic mass is 10.1. The Morgan fingerprint density at radius 1 is 1.35 bits per heavy atom. The van der Waals surface area contributed by atoms with Crippen molar-refractivity contribution in [3.05, 3.63) is 39.9 Å². The zero-order chi connectivity index (χ0) is 16.0. The van der Waals surface area contributed by atoms with Gasteiger partial charge in [-0.3, -0.25) is 4.79 Å². The molecular formula is C16H17BrN4O2. The first-order chi connectivity index (χ1) is 11.1. The summed E-state index contributed by atoms with van der Waals surface area (Å²) in [6.07, 6.45) is 3.31. The maximum absolute atomic E-state index is 12.4. The summed E-state index contributed by atoms with van der Waals surface area (Å²) in [5.41, 5.74) is 2.46. The van der Waals surface area contributed by atoms with Crippen molar-refractivity contribution in [2.24, 2.45) is 0 Å². The van der Waals surface area contributed by atoms with Gasteiger partial charge in [-0.05, 0) is 59.0 Å². The van der Waals surface area contributed by atoms with Crippen molar-refractivity contribution in [2.45, 2.75) is 25.3 Å². The molecule has 0 spiro atoms. The summed E-state index contributed by atoms with van der Waals surface area (Å²) >= 11 is 3.22. The van der Waals surface area contributed by atoms with Crippen LogP contribution in [-0.4, -0.2) is 47.2 Å². The van der Waals surface area contributed by atoms with Gasteiger partial charge >= 0.3 is 0 Å². The van der Waals surface area contributed by atoms with Crippen LogP contribution in [0.2, 0.25) is 0 Å². The Bertz CT molecular complexity index is 754. The molecule has 6 nitrogen and oxygen atoms in total. The summed E-state index contributed by atoms with van der Waals surface area (Å²) in [4.78, 5) is 16.3. The molecule has 23 heavy (non-hydrogen) atoms. The highest BCUT2D eigenvalue weighted by molar-refractivity contribution is 9.10. The molecule has 1 fully saturated rings. The second-order valence-corrected chi connectivity index (χ2v) is 6.89. The molecule has 3 heterocycles. The second-order valence-electron chi connectivity index (χ2n) is 6.11. The van der Waals surface area contributed by atoms with Gasteiger partial charge in [-0.15, -0.1) is 5.10 Å². The van der Waals surface area contributed by atoms with Gasteiger partial charge in [0.25, 0.3) is 5.91 Å². The van der Waals surface area contributed by atoms with Crippen LogP contribution in [-0.2, 0) is 12.8 Å². The van der Waals surface area contributed by atoms with Crippen molar-refractivity contribution >= 4 is 27.7 Å². The number of amides is 1. The molecule has 2 aliphatic rings. The molecule has 0 N–H and O–H groups in total. The number of carbonyl (C=O) groups excluding carboxylic acids is 1. The van der Waals surface area contributed by atoms with E-state index in [4.69, 9.17) is 4.42 Å². The van der Waals surface area contributed by atoms with E-state index in [0.29, 0.717) is 10.4 Å². The van der Waals surface area contributed by atoms with Crippen LogP contribution in [0, 0.1) is 0 Å². The first-order valence-electron chi connectivity index (χ1n) is 7.75. The van der Waals surface area contributed by atoms with Gasteiger partial charge in [-0.2, -0.15) is 5.10 Å². The number of hydrogen-bond acceptors (Lipinski definition) is 5. The van der Waals surface area contributed by atoms with E-state index in [-0.39, 0.29) is 11.9 Å². The largest absolute Gasteiger partial charge is 0.444 e. The van der Waals surface area contributed by atoms with Gasteiger partial charge in [0.15, 0.2) is 16.2 Å². The van der Waals surface area contributed by atoms with Crippen LogP contribution in [0.1, 0.15) is 28.2 Å². The molecule has 1 aliphatic carbocycles. The summed E-state index contributed by atoms with van der Waals surface area (Å²) in [7, 11) is 1.81. The quantitative estimate of drug-likeness (QED) is 0.822. The Kier molecular flexibility index (Phi) is 3.60. The number of aromatic nitrogens is 2. The van der Waals surface area contributed by atoms with Crippen molar-refractivity contribution in [1.29, 1.82) is 0 Å². The highest BCUT2D eigenvalue weighted by atomic mass is 79.9. The molecule has 120 valence electrons. The Morgan fingerprint density at radius 2 is 2.17 bits per heavy atom. The lowest BCUT2D eigenvalue weighted by Gasteiger charge is -2.44. The minimum absolute atomic E-state index is 0.0969. The molecule has 1 saturated heterocycles. The number of halogens is 1. The fourth-order valence-electron chi connectivity index (χ4n) is 3.13. The fourth-order valence-corrected chi connectivity index (χ4v) is 3.43. The summed E-state index contributed by atoms with van der Waals surface area (Å²) < 4.78 is 5.90. The van der Waals surface area contributed by atoms with Crippen LogP contribution in [0.3, 0.4) is 0 Å². The van der Waals surface area contributed by atoms with E-state index in [9.17, 15) is 4.79 Å². The molecule has 7 heteroatoms. The Labute approximate surface area is 142 Å². The maximum Gasteiger partial charge on any atom is 0.289 e. The van der Waals surface area contributed by atoms with E-state index >= 15 is 0 Å². The molecule has 2 aromatic heterocycles. The smallest absolute Gasteiger partial charge is 0.289 e. The minimum Gasteiger partial charge on any atom is -0.444 e. The number of carbonyl (C=O) groups is 1. The van der Waals surface area contributed by atoms with Crippen LogP contribution < -0.4 is 4.90 Å². The van der Waals surface area contributed by atoms with Crippen molar-refractivity contribution in [3.63, 3.8) is 0 Å². The second kappa shape index (κ2) is 5.63. The molecule has 0 unspecified atom stereocenters. The Hall–Kier alpha value is -1.89. The summed E-state index contributed by atoms with van der Waals surface area (Å²) in [6.45, 7) is 1.55. The van der Waals surface area contributed by atoms with Crippen molar-refractivity contribution in [3.8, 4) is 0 Å². The zero-order valence-corrected chi connectivity index (χ0v) is 14.4. The molecule has 0 aromatic carbocycles. The van der Waals surface area contributed by atoms with Gasteiger partial charge in [0, 0.05) is 20.1 Å². The average molecular weight is 377 g/mol. The molecule has 1 amide bonds. The van der Waals surface area contributed by atoms with Crippen LogP contribution in [0.15, 0.2) is 27.3 Å². The van der Waals surface area contributed by atoms with E-state index in [1.54, 1.807) is 17.0 Å². The molecule has 0 saturated carbocycles. The van der Waals surface area contributed by atoms with Gasteiger partial charge in [0.05, 0.1) is 11.7 Å². The average Bonchev–Trinajstić information content (AvgIpc) is 3.13. The molecule has 0 bridgehead atoms. The van der Waals surface area contributed by atoms with Gasteiger partial charge in [-0.25, -0.2) is 0 Å². The lowest BCUT2D eigenvalue weighted by Crippen LogP contribution is -2.60. The van der Waals surface area contributed by atoms with Crippen LogP contribution >= 0.6 is 15.9 Å². The predicted octanol–water partition coefficient (Wildman–Crippen LogP) is 2.28. The highest BCUT2D eigenvalue weighted by Gasteiger charge is 2.35. The Balaban J connectivity index is 1.40. The first-order valence-corrected chi connectivity index (χ1v) is 8.54. The minimum atomic E-state index is -0.0969. The van der Waals surface area contributed by atoms with E-state index in [2.05, 4.69) is 37.1 Å². The number of hydrogen-bond donors (Lipinski definition) is 0. The highest BCUT2D eigenvalue weighted by Crippen LogP contribution is 2.27.